The molecule has 6 heteroatoms. The van der Waals surface area contributed by atoms with Crippen molar-refractivity contribution in [3.63, 3.8) is 0 Å². The summed E-state index contributed by atoms with van der Waals surface area (Å²) in [6, 6.07) is 13.8. The molecule has 0 amide bonds. The Morgan fingerprint density at radius 3 is 2.38 bits per heavy atom. The monoisotopic (exact) mass is 456 g/mol. The Morgan fingerprint density at radius 1 is 1.00 bits per heavy atom. The average Bonchev–Trinajstić information content (AvgIpc) is 3.00. The summed E-state index contributed by atoms with van der Waals surface area (Å²) >= 11 is 6.38. The standard InChI is InChI=1S/C23H26ClFN2.2ClH/c1-26-11-12-27(15-23(26)9-2-10-23)22-14-20(16-3-6-18(25)7-4-16)19-8-5-17(24)13-21(19)22;;/h3-8,13,20,22H,2,9-12,14-15H2,1H3;2*1H/t20-,22+;;/m0../s1. The predicted octanol–water partition coefficient (Wildman–Crippen LogP) is 6.07. The number of nitrogens with zero attached hydrogens (tertiary/aromatic N) is 2. The van der Waals surface area contributed by atoms with Crippen molar-refractivity contribution in [2.45, 2.75) is 43.2 Å². The number of fused-ring (bicyclic) bond motifs is 1. The molecule has 1 heterocycles. The normalized spacial score (nSPS) is 25.6. The minimum atomic E-state index is -0.171. The lowest BCUT2D eigenvalue weighted by atomic mass is 9.73. The van der Waals surface area contributed by atoms with Crippen molar-refractivity contribution in [2.24, 2.45) is 0 Å². The van der Waals surface area contributed by atoms with E-state index < -0.39 is 0 Å². The van der Waals surface area contributed by atoms with Gasteiger partial charge >= 0.3 is 0 Å². The van der Waals surface area contributed by atoms with Gasteiger partial charge < -0.3 is 0 Å². The molecule has 1 spiro atoms. The van der Waals surface area contributed by atoms with Gasteiger partial charge in [0.25, 0.3) is 0 Å². The minimum absolute atomic E-state index is 0. The van der Waals surface area contributed by atoms with Gasteiger partial charge in [-0.1, -0.05) is 29.8 Å². The molecule has 1 saturated heterocycles. The SMILES string of the molecule is CN1CCN([C@@H]2C[C@@H](c3ccc(F)cc3)c3ccc(Cl)cc32)CC12CCC2.Cl.Cl. The summed E-state index contributed by atoms with van der Waals surface area (Å²) in [5.41, 5.74) is 4.31. The minimum Gasteiger partial charge on any atom is -0.298 e. The Morgan fingerprint density at radius 2 is 1.72 bits per heavy atom. The van der Waals surface area contributed by atoms with Gasteiger partial charge in [0.1, 0.15) is 5.82 Å². The number of halogens is 4. The van der Waals surface area contributed by atoms with Crippen LogP contribution in [0.15, 0.2) is 42.5 Å². The Balaban J connectivity index is 0.00000120. The number of hydrogen-bond donors (Lipinski definition) is 0. The molecule has 0 N–H and O–H groups in total. The summed E-state index contributed by atoms with van der Waals surface area (Å²) in [5, 5.41) is 0.811. The van der Waals surface area contributed by atoms with Gasteiger partial charge in [0.15, 0.2) is 0 Å². The molecule has 0 aromatic heterocycles. The summed E-state index contributed by atoms with van der Waals surface area (Å²) in [5.74, 6) is 0.149. The molecule has 0 bridgehead atoms. The van der Waals surface area contributed by atoms with Gasteiger partial charge in [-0.15, -0.1) is 24.8 Å². The fourth-order valence-electron chi connectivity index (χ4n) is 5.47. The van der Waals surface area contributed by atoms with Gasteiger partial charge in [-0.2, -0.15) is 0 Å². The lowest BCUT2D eigenvalue weighted by molar-refractivity contribution is -0.0513. The van der Waals surface area contributed by atoms with Crippen LogP contribution in [0.25, 0.3) is 0 Å². The molecule has 29 heavy (non-hydrogen) atoms. The van der Waals surface area contributed by atoms with Crippen molar-refractivity contribution in [1.29, 1.82) is 0 Å². The second kappa shape index (κ2) is 8.72. The first-order valence-corrected chi connectivity index (χ1v) is 10.4. The number of piperazine rings is 1. The van der Waals surface area contributed by atoms with Crippen LogP contribution in [0.3, 0.4) is 0 Å². The molecule has 5 rings (SSSR count). The fraction of sp³-hybridized carbons (Fsp3) is 0.478. The maximum Gasteiger partial charge on any atom is 0.123 e. The first-order valence-electron chi connectivity index (χ1n) is 10.1. The van der Waals surface area contributed by atoms with Crippen LogP contribution in [0, 0.1) is 5.82 Å². The highest BCUT2D eigenvalue weighted by Crippen LogP contribution is 2.50. The molecule has 2 nitrogen and oxygen atoms in total. The van der Waals surface area contributed by atoms with Crippen molar-refractivity contribution < 1.29 is 4.39 Å². The van der Waals surface area contributed by atoms with Crippen molar-refractivity contribution in [2.75, 3.05) is 26.7 Å². The number of hydrogen-bond acceptors (Lipinski definition) is 2. The molecule has 3 aliphatic rings. The topological polar surface area (TPSA) is 6.48 Å². The van der Waals surface area contributed by atoms with E-state index in [1.165, 1.54) is 36.0 Å². The van der Waals surface area contributed by atoms with Crippen molar-refractivity contribution >= 4 is 36.4 Å². The van der Waals surface area contributed by atoms with Crippen molar-refractivity contribution in [1.82, 2.24) is 9.80 Å². The molecule has 2 aromatic rings. The first-order chi connectivity index (χ1) is 13.1. The summed E-state index contributed by atoms with van der Waals surface area (Å²) in [4.78, 5) is 5.27. The van der Waals surface area contributed by atoms with E-state index in [-0.39, 0.29) is 30.6 Å². The zero-order valence-electron chi connectivity index (χ0n) is 16.6. The number of rotatable bonds is 2. The highest BCUT2D eigenvalue weighted by Gasteiger charge is 2.47. The molecular formula is C23H28Cl3FN2. The van der Waals surface area contributed by atoms with Crippen LogP contribution < -0.4 is 0 Å². The van der Waals surface area contributed by atoms with E-state index in [2.05, 4.69) is 29.0 Å². The zero-order chi connectivity index (χ0) is 18.6. The third kappa shape index (κ3) is 3.93. The van der Waals surface area contributed by atoms with Gasteiger partial charge in [0.2, 0.25) is 0 Å². The van der Waals surface area contributed by atoms with Gasteiger partial charge in [-0.3, -0.25) is 9.80 Å². The molecule has 2 fully saturated rings. The third-order valence-corrected chi connectivity index (χ3v) is 7.50. The Bertz CT molecular complexity index is 854. The maximum absolute atomic E-state index is 13.4. The third-order valence-electron chi connectivity index (χ3n) is 7.27. The van der Waals surface area contributed by atoms with E-state index >= 15 is 0 Å². The van der Waals surface area contributed by atoms with Crippen LogP contribution in [0.2, 0.25) is 5.02 Å². The zero-order valence-corrected chi connectivity index (χ0v) is 19.0. The van der Waals surface area contributed by atoms with E-state index in [0.29, 0.717) is 17.5 Å². The van der Waals surface area contributed by atoms with E-state index in [1.54, 1.807) is 12.1 Å². The summed E-state index contributed by atoms with van der Waals surface area (Å²) in [7, 11) is 2.29. The predicted molar refractivity (Wildman–Crippen MR) is 122 cm³/mol. The molecule has 2 aliphatic carbocycles. The van der Waals surface area contributed by atoms with Gasteiger partial charge in [-0.05, 0) is 73.7 Å². The number of likely N-dealkylation sites (N-methyl/N-ethyl adjacent to an activating group) is 1. The molecule has 0 unspecified atom stereocenters. The van der Waals surface area contributed by atoms with E-state index in [0.717, 1.165) is 31.1 Å². The summed E-state index contributed by atoms with van der Waals surface area (Å²) in [6.07, 6.45) is 5.04. The molecule has 158 valence electrons. The van der Waals surface area contributed by atoms with Crippen LogP contribution in [0.4, 0.5) is 4.39 Å². The van der Waals surface area contributed by atoms with Crippen molar-refractivity contribution in [3.05, 3.63) is 70.0 Å². The Hall–Kier alpha value is -0.840. The lowest BCUT2D eigenvalue weighted by Crippen LogP contribution is -2.64. The van der Waals surface area contributed by atoms with E-state index in [9.17, 15) is 4.39 Å². The van der Waals surface area contributed by atoms with Crippen molar-refractivity contribution in [3.8, 4) is 0 Å². The first kappa shape index (κ1) is 22.8. The van der Waals surface area contributed by atoms with Crippen LogP contribution in [-0.2, 0) is 0 Å². The maximum atomic E-state index is 13.4. The average molecular weight is 458 g/mol. The smallest absolute Gasteiger partial charge is 0.123 e. The molecule has 1 aliphatic heterocycles. The lowest BCUT2D eigenvalue weighted by Gasteiger charge is -2.56. The molecule has 2 aromatic carbocycles. The summed E-state index contributed by atoms with van der Waals surface area (Å²) < 4.78 is 13.4. The van der Waals surface area contributed by atoms with E-state index in [1.807, 2.05) is 18.2 Å². The largest absolute Gasteiger partial charge is 0.298 e. The van der Waals surface area contributed by atoms with Crippen LogP contribution in [0.1, 0.15) is 54.3 Å². The second-order valence-corrected chi connectivity index (χ2v) is 9.04. The highest BCUT2D eigenvalue weighted by molar-refractivity contribution is 6.30. The van der Waals surface area contributed by atoms with Crippen LogP contribution in [0.5, 0.6) is 0 Å². The molecule has 0 radical (unpaired) electrons. The quantitative estimate of drug-likeness (QED) is 0.540. The highest BCUT2D eigenvalue weighted by atomic mass is 35.5. The van der Waals surface area contributed by atoms with Crippen LogP contribution >= 0.6 is 36.4 Å². The number of benzene rings is 2. The van der Waals surface area contributed by atoms with E-state index in [4.69, 9.17) is 11.6 Å². The molecule has 1 saturated carbocycles. The van der Waals surface area contributed by atoms with Gasteiger partial charge in [0, 0.05) is 42.2 Å². The Labute approximate surface area is 190 Å². The van der Waals surface area contributed by atoms with Crippen LogP contribution in [-0.4, -0.2) is 42.0 Å². The van der Waals surface area contributed by atoms with Gasteiger partial charge in [-0.25, -0.2) is 4.39 Å². The second-order valence-electron chi connectivity index (χ2n) is 8.60. The Kier molecular flexibility index (Phi) is 6.87. The molecule has 2 atom stereocenters. The van der Waals surface area contributed by atoms with Gasteiger partial charge in [0.05, 0.1) is 0 Å². The molecular weight excluding hydrogens is 430 g/mol. The summed E-state index contributed by atoms with van der Waals surface area (Å²) in [6.45, 7) is 3.38. The fourth-order valence-corrected chi connectivity index (χ4v) is 5.65.